The minimum Gasteiger partial charge on any atom is -0.383 e. The predicted molar refractivity (Wildman–Crippen MR) is 45.7 cm³/mol. The van der Waals surface area contributed by atoms with Crippen LogP contribution in [-0.2, 0) is 4.74 Å². The lowest BCUT2D eigenvalue weighted by atomic mass is 10.0. The number of nitrogens with one attached hydrogen (secondary N) is 2. The molecule has 66 valence electrons. The van der Waals surface area contributed by atoms with Gasteiger partial charge in [0.05, 0.1) is 6.61 Å². The Kier molecular flexibility index (Phi) is 2.87. The molecule has 0 aromatic carbocycles. The summed E-state index contributed by atoms with van der Waals surface area (Å²) in [5.41, 5.74) is 0.210. The maximum Gasteiger partial charge on any atom is 0.0628 e. The molecule has 1 atom stereocenters. The van der Waals surface area contributed by atoms with E-state index in [0.29, 0.717) is 6.04 Å². The summed E-state index contributed by atoms with van der Waals surface area (Å²) >= 11 is 0. The Morgan fingerprint density at radius 3 is 2.82 bits per heavy atom. The molecule has 3 nitrogen and oxygen atoms in total. The minimum atomic E-state index is 0.210. The van der Waals surface area contributed by atoms with Crippen LogP contribution in [0.3, 0.4) is 0 Å². The zero-order valence-electron chi connectivity index (χ0n) is 7.61. The van der Waals surface area contributed by atoms with Crippen molar-refractivity contribution >= 4 is 0 Å². The topological polar surface area (TPSA) is 33.3 Å². The van der Waals surface area contributed by atoms with Crippen molar-refractivity contribution in [3.63, 3.8) is 0 Å². The molecule has 11 heavy (non-hydrogen) atoms. The summed E-state index contributed by atoms with van der Waals surface area (Å²) in [6.45, 7) is 7.23. The molecular weight excluding hydrogens is 140 g/mol. The second-order valence-electron chi connectivity index (χ2n) is 3.81. The average Bonchev–Trinajstić information content (AvgIpc) is 1.85. The zero-order valence-corrected chi connectivity index (χ0v) is 7.61. The van der Waals surface area contributed by atoms with E-state index in [0.717, 1.165) is 19.7 Å². The molecule has 1 rings (SSSR count). The van der Waals surface area contributed by atoms with Crippen LogP contribution in [0.25, 0.3) is 0 Å². The smallest absolute Gasteiger partial charge is 0.0628 e. The molecule has 0 radical (unpaired) electrons. The van der Waals surface area contributed by atoms with E-state index < -0.39 is 0 Å². The summed E-state index contributed by atoms with van der Waals surface area (Å²) in [6, 6.07) is 0.462. The normalized spacial score (nSPS) is 30.3. The Labute approximate surface area is 68.5 Å². The quantitative estimate of drug-likeness (QED) is 0.592. The van der Waals surface area contributed by atoms with Gasteiger partial charge in [0.15, 0.2) is 0 Å². The Balaban J connectivity index is 2.34. The molecule has 2 N–H and O–H groups in total. The summed E-state index contributed by atoms with van der Waals surface area (Å²) in [7, 11) is 1.74. The van der Waals surface area contributed by atoms with Gasteiger partial charge in [0, 0.05) is 31.8 Å². The Bertz CT molecular complexity index is 123. The van der Waals surface area contributed by atoms with E-state index in [-0.39, 0.29) is 5.54 Å². The molecule has 0 bridgehead atoms. The van der Waals surface area contributed by atoms with Gasteiger partial charge in [-0.3, -0.25) is 0 Å². The van der Waals surface area contributed by atoms with Gasteiger partial charge in [-0.2, -0.15) is 0 Å². The molecule has 1 saturated heterocycles. The molecule has 1 aliphatic rings. The van der Waals surface area contributed by atoms with E-state index in [2.05, 4.69) is 24.5 Å². The summed E-state index contributed by atoms with van der Waals surface area (Å²) in [6.07, 6.45) is 0. The van der Waals surface area contributed by atoms with Gasteiger partial charge in [0.2, 0.25) is 0 Å². The maximum absolute atomic E-state index is 5.07. The monoisotopic (exact) mass is 158 g/mol. The van der Waals surface area contributed by atoms with E-state index in [1.54, 1.807) is 7.11 Å². The van der Waals surface area contributed by atoms with E-state index in [4.69, 9.17) is 4.74 Å². The molecule has 0 amide bonds. The fraction of sp³-hybridized carbons (Fsp3) is 1.00. The molecule has 1 fully saturated rings. The zero-order chi connectivity index (χ0) is 8.32. The molecule has 0 aromatic heterocycles. The molecule has 1 aliphatic heterocycles. The van der Waals surface area contributed by atoms with Gasteiger partial charge in [-0.25, -0.2) is 0 Å². The third-order valence-electron chi connectivity index (χ3n) is 1.92. The third kappa shape index (κ3) is 2.77. The van der Waals surface area contributed by atoms with Crippen molar-refractivity contribution in [2.45, 2.75) is 25.4 Å². The van der Waals surface area contributed by atoms with Crippen LogP contribution in [0, 0.1) is 0 Å². The summed E-state index contributed by atoms with van der Waals surface area (Å²) in [5.74, 6) is 0. The molecular formula is C8H18N2O. The molecule has 0 aliphatic carbocycles. The second kappa shape index (κ2) is 3.52. The van der Waals surface area contributed by atoms with Crippen LogP contribution in [0.5, 0.6) is 0 Å². The molecule has 3 heteroatoms. The number of piperazine rings is 1. The summed E-state index contributed by atoms with van der Waals surface area (Å²) < 4.78 is 5.07. The number of hydrogen-bond acceptors (Lipinski definition) is 3. The SMILES string of the molecule is COCC1CNCC(C)(C)N1. The highest BCUT2D eigenvalue weighted by molar-refractivity contribution is 4.90. The van der Waals surface area contributed by atoms with Gasteiger partial charge >= 0.3 is 0 Å². The van der Waals surface area contributed by atoms with Crippen LogP contribution in [0.2, 0.25) is 0 Å². The van der Waals surface area contributed by atoms with Crippen molar-refractivity contribution in [2.75, 3.05) is 26.8 Å². The van der Waals surface area contributed by atoms with Crippen LogP contribution in [0.1, 0.15) is 13.8 Å². The van der Waals surface area contributed by atoms with Crippen LogP contribution in [-0.4, -0.2) is 38.4 Å². The number of ether oxygens (including phenoxy) is 1. The molecule has 1 heterocycles. The van der Waals surface area contributed by atoms with Gasteiger partial charge in [0.1, 0.15) is 0 Å². The first-order valence-electron chi connectivity index (χ1n) is 4.11. The van der Waals surface area contributed by atoms with Crippen molar-refractivity contribution < 1.29 is 4.74 Å². The fourth-order valence-corrected chi connectivity index (χ4v) is 1.52. The van der Waals surface area contributed by atoms with Crippen molar-refractivity contribution in [3.8, 4) is 0 Å². The standard InChI is InChI=1S/C8H18N2O/c1-8(2)6-9-4-7(10-8)5-11-3/h7,9-10H,4-6H2,1-3H3. The van der Waals surface area contributed by atoms with Crippen LogP contribution >= 0.6 is 0 Å². The third-order valence-corrected chi connectivity index (χ3v) is 1.92. The average molecular weight is 158 g/mol. The Hall–Kier alpha value is -0.120. The van der Waals surface area contributed by atoms with Crippen molar-refractivity contribution in [1.29, 1.82) is 0 Å². The van der Waals surface area contributed by atoms with E-state index >= 15 is 0 Å². The highest BCUT2D eigenvalue weighted by Crippen LogP contribution is 2.06. The van der Waals surface area contributed by atoms with E-state index in [1.807, 2.05) is 0 Å². The van der Waals surface area contributed by atoms with Gasteiger partial charge in [0.25, 0.3) is 0 Å². The van der Waals surface area contributed by atoms with Crippen LogP contribution in [0.15, 0.2) is 0 Å². The van der Waals surface area contributed by atoms with E-state index in [9.17, 15) is 0 Å². The molecule has 0 saturated carbocycles. The van der Waals surface area contributed by atoms with Crippen LogP contribution < -0.4 is 10.6 Å². The van der Waals surface area contributed by atoms with Gasteiger partial charge in [-0.05, 0) is 13.8 Å². The lowest BCUT2D eigenvalue weighted by Gasteiger charge is -2.37. The largest absolute Gasteiger partial charge is 0.383 e. The Morgan fingerprint density at radius 1 is 1.55 bits per heavy atom. The van der Waals surface area contributed by atoms with Crippen molar-refractivity contribution in [2.24, 2.45) is 0 Å². The van der Waals surface area contributed by atoms with Gasteiger partial charge in [-0.1, -0.05) is 0 Å². The number of methoxy groups -OCH3 is 1. The molecule has 1 unspecified atom stereocenters. The molecule has 0 aromatic rings. The fourth-order valence-electron chi connectivity index (χ4n) is 1.52. The second-order valence-corrected chi connectivity index (χ2v) is 3.81. The van der Waals surface area contributed by atoms with E-state index in [1.165, 1.54) is 0 Å². The van der Waals surface area contributed by atoms with Gasteiger partial charge in [-0.15, -0.1) is 0 Å². The predicted octanol–water partition coefficient (Wildman–Crippen LogP) is -0.0272. The highest BCUT2D eigenvalue weighted by atomic mass is 16.5. The highest BCUT2D eigenvalue weighted by Gasteiger charge is 2.25. The lowest BCUT2D eigenvalue weighted by molar-refractivity contribution is 0.132. The maximum atomic E-state index is 5.07. The first-order chi connectivity index (χ1) is 5.14. The first-order valence-corrected chi connectivity index (χ1v) is 4.11. The first kappa shape index (κ1) is 8.97. The number of rotatable bonds is 2. The van der Waals surface area contributed by atoms with Crippen molar-refractivity contribution in [1.82, 2.24) is 10.6 Å². The lowest BCUT2D eigenvalue weighted by Crippen LogP contribution is -2.61. The summed E-state index contributed by atoms with van der Waals surface area (Å²) in [4.78, 5) is 0. The molecule has 0 spiro atoms. The number of hydrogen-bond donors (Lipinski definition) is 2. The van der Waals surface area contributed by atoms with Crippen LogP contribution in [0.4, 0.5) is 0 Å². The minimum absolute atomic E-state index is 0.210. The van der Waals surface area contributed by atoms with Gasteiger partial charge < -0.3 is 15.4 Å². The Morgan fingerprint density at radius 2 is 2.27 bits per heavy atom. The summed E-state index contributed by atoms with van der Waals surface area (Å²) in [5, 5.41) is 6.87. The van der Waals surface area contributed by atoms with Crippen molar-refractivity contribution in [3.05, 3.63) is 0 Å².